The largest absolute Gasteiger partial charge is 0.494 e. The molecular weight excluding hydrogens is 308 g/mol. The number of amides is 1. The van der Waals surface area contributed by atoms with Gasteiger partial charge in [-0.1, -0.05) is 32.0 Å². The fourth-order valence-electron chi connectivity index (χ4n) is 2.09. The quantitative estimate of drug-likeness (QED) is 0.738. The topological polar surface area (TPSA) is 51.2 Å². The zero-order chi connectivity index (χ0) is 16.7. The van der Waals surface area contributed by atoms with Gasteiger partial charge >= 0.3 is 0 Å². The molecule has 1 heterocycles. The normalized spacial score (nSPS) is 10.8. The highest BCUT2D eigenvalue weighted by atomic mass is 32.1. The average Bonchev–Trinajstić information content (AvgIpc) is 2.94. The van der Waals surface area contributed by atoms with Gasteiger partial charge in [-0.3, -0.25) is 4.79 Å². The summed E-state index contributed by atoms with van der Waals surface area (Å²) in [5.74, 6) is 1.23. The van der Waals surface area contributed by atoms with Crippen molar-refractivity contribution in [1.82, 2.24) is 10.3 Å². The number of unbranched alkanes of at least 4 members (excludes halogenated alkanes) is 1. The summed E-state index contributed by atoms with van der Waals surface area (Å²) >= 11 is 1.49. The van der Waals surface area contributed by atoms with E-state index in [4.69, 9.17) is 4.74 Å². The summed E-state index contributed by atoms with van der Waals surface area (Å²) in [6.07, 6.45) is 1.81. The molecule has 0 spiro atoms. The van der Waals surface area contributed by atoms with Gasteiger partial charge < -0.3 is 10.1 Å². The van der Waals surface area contributed by atoms with Gasteiger partial charge in [0.2, 0.25) is 0 Å². The number of nitrogens with one attached hydrogen (secondary N) is 1. The first-order chi connectivity index (χ1) is 11.1. The van der Waals surface area contributed by atoms with Crippen molar-refractivity contribution in [1.29, 1.82) is 0 Å². The van der Waals surface area contributed by atoms with E-state index in [1.54, 1.807) is 0 Å². The van der Waals surface area contributed by atoms with Crippen molar-refractivity contribution in [3.8, 4) is 5.75 Å². The number of thiazole rings is 1. The van der Waals surface area contributed by atoms with Gasteiger partial charge in [-0.2, -0.15) is 0 Å². The molecule has 2 rings (SSSR count). The number of ether oxygens (including phenoxy) is 1. The minimum atomic E-state index is -0.0177. The minimum absolute atomic E-state index is 0.0177. The Kier molecular flexibility index (Phi) is 6.59. The van der Waals surface area contributed by atoms with Gasteiger partial charge in [0.05, 0.1) is 17.3 Å². The Balaban J connectivity index is 1.67. The average molecular weight is 332 g/mol. The first-order valence-electron chi connectivity index (χ1n) is 8.01. The van der Waals surface area contributed by atoms with Crippen molar-refractivity contribution >= 4 is 17.2 Å². The van der Waals surface area contributed by atoms with Crippen LogP contribution in [-0.4, -0.2) is 24.0 Å². The summed E-state index contributed by atoms with van der Waals surface area (Å²) in [6.45, 7) is 7.40. The molecule has 0 aliphatic rings. The van der Waals surface area contributed by atoms with E-state index >= 15 is 0 Å². The van der Waals surface area contributed by atoms with E-state index in [1.165, 1.54) is 11.3 Å². The van der Waals surface area contributed by atoms with Crippen LogP contribution < -0.4 is 10.1 Å². The Morgan fingerprint density at radius 2 is 2.00 bits per heavy atom. The lowest BCUT2D eigenvalue weighted by Crippen LogP contribution is -2.24. The van der Waals surface area contributed by atoms with Crippen LogP contribution in [0.4, 0.5) is 0 Å². The number of aromatic nitrogens is 1. The zero-order valence-corrected chi connectivity index (χ0v) is 14.8. The molecule has 0 aliphatic carbocycles. The lowest BCUT2D eigenvalue weighted by atomic mass is 10.2. The molecule has 124 valence electrons. The molecule has 0 radical (unpaired) electrons. The number of rotatable bonds is 8. The summed E-state index contributed by atoms with van der Waals surface area (Å²) in [5, 5.41) is 3.98. The van der Waals surface area contributed by atoms with Gasteiger partial charge in [0, 0.05) is 12.5 Å². The van der Waals surface area contributed by atoms with Crippen molar-refractivity contribution in [2.75, 3.05) is 13.2 Å². The van der Waals surface area contributed by atoms with E-state index in [-0.39, 0.29) is 5.91 Å². The second-order valence-corrected chi connectivity index (χ2v) is 6.78. The molecule has 0 unspecified atom stereocenters. The molecule has 5 heteroatoms. The third-order valence-corrected chi connectivity index (χ3v) is 4.84. The molecular formula is C18H24N2O2S. The molecule has 4 nitrogen and oxygen atoms in total. The fraction of sp³-hybridized carbons (Fsp3) is 0.444. The molecule has 0 saturated heterocycles. The second-order valence-electron chi connectivity index (χ2n) is 5.75. The summed E-state index contributed by atoms with van der Waals surface area (Å²) in [4.78, 5) is 17.4. The maximum absolute atomic E-state index is 12.2. The highest BCUT2D eigenvalue weighted by molar-refractivity contribution is 7.13. The zero-order valence-electron chi connectivity index (χ0n) is 14.0. The van der Waals surface area contributed by atoms with Crippen LogP contribution in [0, 0.1) is 6.92 Å². The van der Waals surface area contributed by atoms with Crippen molar-refractivity contribution < 1.29 is 9.53 Å². The summed E-state index contributed by atoms with van der Waals surface area (Å²) in [6, 6.07) is 9.77. The minimum Gasteiger partial charge on any atom is -0.494 e. The standard InChI is InChI=1S/C18H24N2O2S/c1-13(2)18-20-14(3)16(23-18)17(21)19-11-7-8-12-22-15-9-5-4-6-10-15/h4-6,9-10,13H,7-8,11-12H2,1-3H3,(H,19,21). The first kappa shape index (κ1) is 17.5. The Labute approximate surface area is 141 Å². The molecule has 23 heavy (non-hydrogen) atoms. The van der Waals surface area contributed by atoms with E-state index in [9.17, 15) is 4.79 Å². The molecule has 0 bridgehead atoms. The molecule has 1 amide bonds. The summed E-state index contributed by atoms with van der Waals surface area (Å²) in [5.41, 5.74) is 0.823. The van der Waals surface area contributed by atoms with Crippen LogP contribution >= 0.6 is 11.3 Å². The van der Waals surface area contributed by atoms with Gasteiger partial charge in [-0.15, -0.1) is 11.3 Å². The summed E-state index contributed by atoms with van der Waals surface area (Å²) in [7, 11) is 0. The Morgan fingerprint density at radius 1 is 1.26 bits per heavy atom. The van der Waals surface area contributed by atoms with Crippen LogP contribution in [0.2, 0.25) is 0 Å². The third kappa shape index (κ3) is 5.36. The number of hydrogen-bond donors (Lipinski definition) is 1. The molecule has 0 atom stereocenters. The first-order valence-corrected chi connectivity index (χ1v) is 8.83. The van der Waals surface area contributed by atoms with Crippen molar-refractivity contribution in [2.24, 2.45) is 0 Å². The molecule has 1 aromatic heterocycles. The molecule has 2 aromatic rings. The van der Waals surface area contributed by atoms with Gasteiger partial charge in [0.25, 0.3) is 5.91 Å². The van der Waals surface area contributed by atoms with Gasteiger partial charge in [0.15, 0.2) is 0 Å². The Bertz CT molecular complexity index is 623. The van der Waals surface area contributed by atoms with Crippen molar-refractivity contribution in [3.63, 3.8) is 0 Å². The van der Waals surface area contributed by atoms with Crippen molar-refractivity contribution in [2.45, 2.75) is 39.5 Å². The maximum Gasteiger partial charge on any atom is 0.263 e. The fourth-order valence-corrected chi connectivity index (χ4v) is 3.08. The molecule has 0 fully saturated rings. The van der Waals surface area contributed by atoms with E-state index in [0.717, 1.165) is 34.2 Å². The van der Waals surface area contributed by atoms with E-state index in [1.807, 2.05) is 37.3 Å². The highest BCUT2D eigenvalue weighted by Crippen LogP contribution is 2.24. The summed E-state index contributed by atoms with van der Waals surface area (Å²) < 4.78 is 5.63. The van der Waals surface area contributed by atoms with Crippen LogP contribution in [0.1, 0.15) is 53.0 Å². The molecule has 0 aliphatic heterocycles. The number of nitrogens with zero attached hydrogens (tertiary/aromatic N) is 1. The van der Waals surface area contributed by atoms with Crippen LogP contribution in [0.15, 0.2) is 30.3 Å². The number of benzene rings is 1. The second kappa shape index (κ2) is 8.67. The van der Waals surface area contributed by atoms with Gasteiger partial charge in [0.1, 0.15) is 10.6 Å². The third-order valence-electron chi connectivity index (χ3n) is 3.38. The SMILES string of the molecule is Cc1nc(C(C)C)sc1C(=O)NCCCCOc1ccccc1. The highest BCUT2D eigenvalue weighted by Gasteiger charge is 2.16. The smallest absolute Gasteiger partial charge is 0.263 e. The molecule has 1 aromatic carbocycles. The van der Waals surface area contributed by atoms with E-state index in [2.05, 4.69) is 24.1 Å². The molecule has 1 N–H and O–H groups in total. The number of para-hydroxylation sites is 1. The van der Waals surface area contributed by atoms with Crippen LogP contribution in [0.5, 0.6) is 5.75 Å². The van der Waals surface area contributed by atoms with Gasteiger partial charge in [-0.05, 0) is 31.9 Å². The van der Waals surface area contributed by atoms with Gasteiger partial charge in [-0.25, -0.2) is 4.98 Å². The van der Waals surface area contributed by atoms with Crippen LogP contribution in [0.25, 0.3) is 0 Å². The number of carbonyl (C=O) groups excluding carboxylic acids is 1. The molecule has 0 saturated carbocycles. The monoisotopic (exact) mass is 332 g/mol. The Morgan fingerprint density at radius 3 is 2.65 bits per heavy atom. The predicted molar refractivity (Wildman–Crippen MR) is 94.4 cm³/mol. The van der Waals surface area contributed by atoms with E-state index < -0.39 is 0 Å². The van der Waals surface area contributed by atoms with E-state index in [0.29, 0.717) is 19.1 Å². The van der Waals surface area contributed by atoms with Crippen molar-refractivity contribution in [3.05, 3.63) is 45.9 Å². The maximum atomic E-state index is 12.2. The lowest BCUT2D eigenvalue weighted by Gasteiger charge is -2.06. The lowest BCUT2D eigenvalue weighted by molar-refractivity contribution is 0.0955. The predicted octanol–water partition coefficient (Wildman–Crippen LogP) is 4.16. The van der Waals surface area contributed by atoms with Crippen LogP contribution in [-0.2, 0) is 0 Å². The number of carbonyl (C=O) groups is 1. The number of aryl methyl sites for hydroxylation is 1. The Hall–Kier alpha value is -1.88. The van der Waals surface area contributed by atoms with Crippen LogP contribution in [0.3, 0.4) is 0 Å². The number of hydrogen-bond acceptors (Lipinski definition) is 4.